The van der Waals surface area contributed by atoms with Gasteiger partial charge in [0.2, 0.25) is 0 Å². The van der Waals surface area contributed by atoms with Gasteiger partial charge in [0.1, 0.15) is 6.33 Å². The predicted molar refractivity (Wildman–Crippen MR) is 133 cm³/mol. The second-order valence-electron chi connectivity index (χ2n) is 9.31. The van der Waals surface area contributed by atoms with Crippen molar-refractivity contribution in [2.24, 2.45) is 4.99 Å². The molecule has 1 aromatic heterocycles. The van der Waals surface area contributed by atoms with Crippen molar-refractivity contribution in [3.8, 4) is 0 Å². The quantitative estimate of drug-likeness (QED) is 0.321. The highest BCUT2D eigenvalue weighted by atomic mass is 16.6. The van der Waals surface area contributed by atoms with Crippen LogP contribution in [0.1, 0.15) is 52.0 Å². The molecule has 0 saturated carbocycles. The van der Waals surface area contributed by atoms with E-state index in [0.29, 0.717) is 35.2 Å². The molecular weight excluding hydrogens is 432 g/mol. The molecule has 3 unspecified atom stereocenters. The van der Waals surface area contributed by atoms with Crippen molar-refractivity contribution in [2.45, 2.75) is 64.3 Å². The Morgan fingerprint density at radius 1 is 1.24 bits per heavy atom. The van der Waals surface area contributed by atoms with Crippen molar-refractivity contribution in [1.29, 1.82) is 0 Å². The Morgan fingerprint density at radius 3 is 2.76 bits per heavy atom. The third kappa shape index (κ3) is 5.48. The summed E-state index contributed by atoms with van der Waals surface area (Å²) in [7, 11) is 0. The second kappa shape index (κ2) is 10.7. The minimum Gasteiger partial charge on any atom is -0.373 e. The molecule has 1 saturated heterocycles. The number of fused-ring (bicyclic) bond motifs is 1. The first kappa shape index (κ1) is 24.4. The van der Waals surface area contributed by atoms with Crippen LogP contribution in [-0.2, 0) is 10.4 Å². The smallest absolute Gasteiger partial charge is 0.277 e. The molecule has 0 bridgehead atoms. The highest BCUT2D eigenvalue weighted by Crippen LogP contribution is 2.38. The summed E-state index contributed by atoms with van der Waals surface area (Å²) in [5.74, 6) is 0. The van der Waals surface area contributed by atoms with Crippen LogP contribution >= 0.6 is 0 Å². The van der Waals surface area contributed by atoms with Crippen molar-refractivity contribution in [3.63, 3.8) is 0 Å². The Morgan fingerprint density at radius 2 is 2.03 bits per heavy atom. The first-order chi connectivity index (χ1) is 16.4. The number of nitrogens with one attached hydrogen (secondary N) is 1. The van der Waals surface area contributed by atoms with E-state index in [1.807, 2.05) is 19.2 Å². The fourth-order valence-electron chi connectivity index (χ4n) is 5.05. The molecule has 0 amide bonds. The minimum absolute atomic E-state index is 0.0202. The number of hydrogen-bond donors (Lipinski definition) is 1. The minimum atomic E-state index is -0.953. The van der Waals surface area contributed by atoms with Crippen LogP contribution in [-0.4, -0.2) is 64.4 Å². The Kier molecular flexibility index (Phi) is 7.65. The normalized spacial score (nSPS) is 25.1. The summed E-state index contributed by atoms with van der Waals surface area (Å²) in [5.41, 5.74) is 1.34. The molecule has 1 fully saturated rings. The highest BCUT2D eigenvalue weighted by Gasteiger charge is 2.38. The van der Waals surface area contributed by atoms with Gasteiger partial charge in [-0.1, -0.05) is 13.3 Å². The Labute approximate surface area is 200 Å². The summed E-state index contributed by atoms with van der Waals surface area (Å²) in [5, 5.41) is 15.9. The van der Waals surface area contributed by atoms with Gasteiger partial charge in [-0.2, -0.15) is 0 Å². The van der Waals surface area contributed by atoms with Crippen LogP contribution in [0.2, 0.25) is 0 Å². The zero-order valence-electron chi connectivity index (χ0n) is 20.2. The summed E-state index contributed by atoms with van der Waals surface area (Å²) in [6, 6.07) is 3.30. The lowest BCUT2D eigenvalue weighted by atomic mass is 9.95. The molecule has 4 rings (SSSR count). The maximum Gasteiger partial charge on any atom is 0.277 e. The van der Waals surface area contributed by atoms with E-state index in [1.165, 1.54) is 6.33 Å². The zero-order chi connectivity index (χ0) is 24.1. The Balaban J connectivity index is 1.43. The largest absolute Gasteiger partial charge is 0.373 e. The SMILES string of the molecule is CCNC1(c2cc3ncncc3cc2[N+](=O)[O-])C=C(CCCCCN2CC(C)OC(C)C2)C=N1. The Hall–Kier alpha value is -2.75. The summed E-state index contributed by atoms with van der Waals surface area (Å²) in [6.07, 6.45) is 11.8. The molecular formula is C25H34N6O3. The average Bonchev–Trinajstić information content (AvgIpc) is 3.21. The lowest BCUT2D eigenvalue weighted by Crippen LogP contribution is -2.45. The van der Waals surface area contributed by atoms with Crippen LogP contribution in [0.25, 0.3) is 10.9 Å². The van der Waals surface area contributed by atoms with Crippen LogP contribution in [0, 0.1) is 10.1 Å². The van der Waals surface area contributed by atoms with Crippen molar-refractivity contribution < 1.29 is 9.66 Å². The number of unbranched alkanes of at least 4 members (excludes halogenated alkanes) is 2. The predicted octanol–water partition coefficient (Wildman–Crippen LogP) is 3.98. The number of benzene rings is 1. The molecule has 3 heterocycles. The summed E-state index contributed by atoms with van der Waals surface area (Å²) < 4.78 is 5.82. The standard InChI is InChI=1S/C25H34N6O3/c1-4-28-25(22-11-23-21(14-26-17-27-23)10-24(22)31(32)33)12-20(13-29-25)8-6-5-7-9-30-15-18(2)34-19(3)16-30/h10-14,17-19,28H,4-9,15-16H2,1-3H3. The number of rotatable bonds is 10. The van der Waals surface area contributed by atoms with Gasteiger partial charge in [-0.25, -0.2) is 9.97 Å². The van der Waals surface area contributed by atoms with E-state index in [0.717, 1.165) is 50.9 Å². The molecule has 2 aliphatic heterocycles. The van der Waals surface area contributed by atoms with E-state index in [-0.39, 0.29) is 10.6 Å². The number of nitrogens with zero attached hydrogens (tertiary/aromatic N) is 5. The van der Waals surface area contributed by atoms with Gasteiger partial charge in [0.25, 0.3) is 5.69 Å². The van der Waals surface area contributed by atoms with Crippen LogP contribution < -0.4 is 5.32 Å². The third-order valence-electron chi connectivity index (χ3n) is 6.44. The lowest BCUT2D eigenvalue weighted by Gasteiger charge is -2.35. The van der Waals surface area contributed by atoms with E-state index in [4.69, 9.17) is 9.73 Å². The Bertz CT molecular complexity index is 1080. The van der Waals surface area contributed by atoms with Gasteiger partial charge < -0.3 is 4.74 Å². The first-order valence-electron chi connectivity index (χ1n) is 12.2. The summed E-state index contributed by atoms with van der Waals surface area (Å²) in [6.45, 7) is 9.97. The van der Waals surface area contributed by atoms with Crippen LogP contribution in [0.15, 0.2) is 41.3 Å². The maximum absolute atomic E-state index is 11.9. The molecule has 9 nitrogen and oxygen atoms in total. The summed E-state index contributed by atoms with van der Waals surface area (Å²) in [4.78, 5) is 27.1. The molecule has 0 radical (unpaired) electrons. The number of morpholine rings is 1. The van der Waals surface area contributed by atoms with Gasteiger partial charge in [-0.3, -0.25) is 25.3 Å². The first-order valence-corrected chi connectivity index (χ1v) is 12.2. The maximum atomic E-state index is 11.9. The molecule has 0 aliphatic carbocycles. The highest BCUT2D eigenvalue weighted by molar-refractivity contribution is 5.86. The lowest BCUT2D eigenvalue weighted by molar-refractivity contribution is -0.385. The van der Waals surface area contributed by atoms with E-state index in [9.17, 15) is 10.1 Å². The van der Waals surface area contributed by atoms with E-state index < -0.39 is 5.66 Å². The van der Waals surface area contributed by atoms with Gasteiger partial charge in [0.15, 0.2) is 5.66 Å². The number of aromatic nitrogens is 2. The van der Waals surface area contributed by atoms with Crippen LogP contribution in [0.3, 0.4) is 0 Å². The van der Waals surface area contributed by atoms with E-state index in [2.05, 4.69) is 34.0 Å². The fourth-order valence-corrected chi connectivity index (χ4v) is 5.05. The van der Waals surface area contributed by atoms with Gasteiger partial charge in [0.05, 0.1) is 28.2 Å². The molecule has 3 atom stereocenters. The molecule has 2 aliphatic rings. The van der Waals surface area contributed by atoms with Crippen LogP contribution in [0.5, 0.6) is 0 Å². The van der Waals surface area contributed by atoms with Crippen LogP contribution in [0.4, 0.5) is 5.69 Å². The third-order valence-corrected chi connectivity index (χ3v) is 6.44. The van der Waals surface area contributed by atoms with Crippen molar-refractivity contribution in [1.82, 2.24) is 20.2 Å². The molecule has 1 aromatic carbocycles. The zero-order valence-corrected chi connectivity index (χ0v) is 20.2. The van der Waals surface area contributed by atoms with Crippen molar-refractivity contribution in [3.05, 3.63) is 52.0 Å². The average molecular weight is 467 g/mol. The van der Waals surface area contributed by atoms with Crippen molar-refractivity contribution >= 4 is 22.8 Å². The van der Waals surface area contributed by atoms with E-state index >= 15 is 0 Å². The van der Waals surface area contributed by atoms with Gasteiger partial charge in [0, 0.05) is 37.0 Å². The number of nitro benzene ring substituents is 1. The summed E-state index contributed by atoms with van der Waals surface area (Å²) >= 11 is 0. The topological polar surface area (TPSA) is 106 Å². The number of aliphatic imine (C=N–C) groups is 1. The molecule has 1 N–H and O–H groups in total. The molecule has 2 aromatic rings. The second-order valence-corrected chi connectivity index (χ2v) is 9.31. The van der Waals surface area contributed by atoms with E-state index in [1.54, 1.807) is 18.3 Å². The molecule has 182 valence electrons. The molecule has 0 spiro atoms. The molecule has 9 heteroatoms. The van der Waals surface area contributed by atoms with Crippen molar-refractivity contribution in [2.75, 3.05) is 26.2 Å². The van der Waals surface area contributed by atoms with Gasteiger partial charge in [-0.05, 0) is 63.9 Å². The molecule has 34 heavy (non-hydrogen) atoms. The number of likely N-dealkylation sites (N-methyl/N-ethyl adjacent to an activating group) is 1. The number of hydrogen-bond acceptors (Lipinski definition) is 8. The number of allylic oxidation sites excluding steroid dienone is 1. The number of nitro groups is 1. The monoisotopic (exact) mass is 466 g/mol. The van der Waals surface area contributed by atoms with Gasteiger partial charge in [-0.15, -0.1) is 0 Å². The number of ether oxygens (including phenoxy) is 1. The fraction of sp³-hybridized carbons (Fsp3) is 0.560. The van der Waals surface area contributed by atoms with Gasteiger partial charge >= 0.3 is 0 Å².